The molecule has 29 heavy (non-hydrogen) atoms. The Labute approximate surface area is 171 Å². The van der Waals surface area contributed by atoms with Gasteiger partial charge < -0.3 is 29.4 Å². The molecular weight excluding hydrogens is 376 g/mol. The zero-order chi connectivity index (χ0) is 20.6. The van der Waals surface area contributed by atoms with E-state index in [1.807, 2.05) is 19.1 Å². The summed E-state index contributed by atoms with van der Waals surface area (Å²) in [5.74, 6) is 2.10. The number of rotatable bonds is 4. The summed E-state index contributed by atoms with van der Waals surface area (Å²) in [6.07, 6.45) is 1.27. The minimum atomic E-state index is -0.741. The largest absolute Gasteiger partial charge is 0.496 e. The van der Waals surface area contributed by atoms with Gasteiger partial charge in [0.25, 0.3) is 0 Å². The zero-order valence-corrected chi connectivity index (χ0v) is 17.3. The number of hydrogen-bond donors (Lipinski definition) is 2. The predicted octanol–water partition coefficient (Wildman–Crippen LogP) is 1.43. The van der Waals surface area contributed by atoms with Crippen LogP contribution in [-0.2, 0) is 16.1 Å². The van der Waals surface area contributed by atoms with Crippen molar-refractivity contribution in [3.63, 3.8) is 0 Å². The van der Waals surface area contributed by atoms with E-state index in [1.165, 1.54) is 6.92 Å². The average Bonchev–Trinajstić information content (AvgIpc) is 3.14. The van der Waals surface area contributed by atoms with E-state index < -0.39 is 17.2 Å². The first kappa shape index (κ1) is 20.3. The van der Waals surface area contributed by atoms with Gasteiger partial charge in [0.2, 0.25) is 12.7 Å². The number of nitrogens with zero attached hydrogens (tertiary/aromatic N) is 1. The minimum absolute atomic E-state index is 0.129. The standard InChI is InChI=1S/C21H30N2O6/c1-14(24)22-20(2)6-9-29-21(19(20)25)4-7-23(8-5-21)12-15-10-17-18(28-13-27-17)11-16(15)26-3/h10-11,19,25H,4-9,12-13H2,1-3H3,(H,22,24)/t19-,20+/m0/s1. The Morgan fingerprint density at radius 3 is 2.62 bits per heavy atom. The van der Waals surface area contributed by atoms with E-state index in [-0.39, 0.29) is 12.7 Å². The second kappa shape index (κ2) is 7.66. The van der Waals surface area contributed by atoms with Crippen molar-refractivity contribution in [3.8, 4) is 17.2 Å². The van der Waals surface area contributed by atoms with E-state index in [0.717, 1.165) is 36.7 Å². The highest BCUT2D eigenvalue weighted by Gasteiger charge is 2.53. The molecule has 1 spiro atoms. The fourth-order valence-electron chi connectivity index (χ4n) is 4.82. The highest BCUT2D eigenvalue weighted by atomic mass is 16.7. The molecule has 8 heteroatoms. The van der Waals surface area contributed by atoms with Crippen LogP contribution in [0.3, 0.4) is 0 Å². The number of fused-ring (bicyclic) bond motifs is 1. The van der Waals surface area contributed by atoms with Crippen molar-refractivity contribution in [2.75, 3.05) is 33.6 Å². The summed E-state index contributed by atoms with van der Waals surface area (Å²) >= 11 is 0. The van der Waals surface area contributed by atoms with Gasteiger partial charge in [-0.05, 0) is 32.3 Å². The lowest BCUT2D eigenvalue weighted by Gasteiger charge is -2.53. The van der Waals surface area contributed by atoms with E-state index in [4.69, 9.17) is 18.9 Å². The maximum atomic E-state index is 11.6. The molecule has 1 aromatic rings. The maximum absolute atomic E-state index is 11.6. The Morgan fingerprint density at radius 1 is 1.28 bits per heavy atom. The molecular formula is C21H30N2O6. The smallest absolute Gasteiger partial charge is 0.231 e. The summed E-state index contributed by atoms with van der Waals surface area (Å²) in [6.45, 7) is 6.44. The summed E-state index contributed by atoms with van der Waals surface area (Å²) < 4.78 is 22.6. The summed E-state index contributed by atoms with van der Waals surface area (Å²) in [5.41, 5.74) is -0.238. The van der Waals surface area contributed by atoms with Crippen molar-refractivity contribution in [2.45, 2.75) is 56.9 Å². The summed E-state index contributed by atoms with van der Waals surface area (Å²) in [5, 5.41) is 14.1. The number of methoxy groups -OCH3 is 1. The van der Waals surface area contributed by atoms with Crippen molar-refractivity contribution in [2.24, 2.45) is 0 Å². The second-order valence-electron chi connectivity index (χ2n) is 8.46. The summed E-state index contributed by atoms with van der Waals surface area (Å²) in [6, 6.07) is 3.85. The van der Waals surface area contributed by atoms with Gasteiger partial charge in [-0.1, -0.05) is 0 Å². The lowest BCUT2D eigenvalue weighted by atomic mass is 9.73. The van der Waals surface area contributed by atoms with Crippen LogP contribution >= 0.6 is 0 Å². The van der Waals surface area contributed by atoms with Crippen LogP contribution in [0.5, 0.6) is 17.2 Å². The third-order valence-corrected chi connectivity index (χ3v) is 6.45. The molecule has 160 valence electrons. The van der Waals surface area contributed by atoms with Crippen LogP contribution < -0.4 is 19.5 Å². The van der Waals surface area contributed by atoms with E-state index in [0.29, 0.717) is 31.6 Å². The molecule has 1 aromatic carbocycles. The Morgan fingerprint density at radius 2 is 1.97 bits per heavy atom. The molecule has 2 fully saturated rings. The molecule has 3 aliphatic rings. The van der Waals surface area contributed by atoms with Crippen molar-refractivity contribution in [1.29, 1.82) is 0 Å². The first-order valence-corrected chi connectivity index (χ1v) is 10.1. The topological polar surface area (TPSA) is 89.5 Å². The lowest BCUT2D eigenvalue weighted by Crippen LogP contribution is -2.69. The molecule has 2 atom stereocenters. The molecule has 2 N–H and O–H groups in total. The molecule has 0 saturated carbocycles. The van der Waals surface area contributed by atoms with Gasteiger partial charge in [0, 0.05) is 44.8 Å². The molecule has 0 radical (unpaired) electrons. The van der Waals surface area contributed by atoms with Gasteiger partial charge in [-0.2, -0.15) is 0 Å². The number of aliphatic hydroxyl groups excluding tert-OH is 1. The summed E-state index contributed by atoms with van der Waals surface area (Å²) in [7, 11) is 1.65. The summed E-state index contributed by atoms with van der Waals surface area (Å²) in [4.78, 5) is 14.0. The molecule has 4 rings (SSSR count). The van der Waals surface area contributed by atoms with Gasteiger partial charge in [0.15, 0.2) is 11.5 Å². The van der Waals surface area contributed by atoms with Crippen LogP contribution in [0.15, 0.2) is 12.1 Å². The van der Waals surface area contributed by atoms with Gasteiger partial charge in [-0.25, -0.2) is 0 Å². The number of hydrogen-bond acceptors (Lipinski definition) is 7. The fourth-order valence-corrected chi connectivity index (χ4v) is 4.82. The van der Waals surface area contributed by atoms with Crippen molar-refractivity contribution < 1.29 is 28.8 Å². The van der Waals surface area contributed by atoms with Crippen LogP contribution in [0.1, 0.15) is 38.7 Å². The number of aliphatic hydroxyl groups is 1. The number of piperidine rings is 1. The highest BCUT2D eigenvalue weighted by Crippen LogP contribution is 2.42. The van der Waals surface area contributed by atoms with Crippen LogP contribution in [0.25, 0.3) is 0 Å². The van der Waals surface area contributed by atoms with Gasteiger partial charge >= 0.3 is 0 Å². The first-order valence-electron chi connectivity index (χ1n) is 10.1. The Balaban J connectivity index is 1.44. The Kier molecular flexibility index (Phi) is 5.35. The fraction of sp³-hybridized carbons (Fsp3) is 0.667. The van der Waals surface area contributed by atoms with Gasteiger partial charge in [-0.15, -0.1) is 0 Å². The number of amides is 1. The van der Waals surface area contributed by atoms with Crippen LogP contribution in [0.2, 0.25) is 0 Å². The molecule has 3 aliphatic heterocycles. The van der Waals surface area contributed by atoms with Gasteiger partial charge in [0.05, 0.1) is 18.2 Å². The molecule has 0 aliphatic carbocycles. The van der Waals surface area contributed by atoms with E-state index >= 15 is 0 Å². The molecule has 2 saturated heterocycles. The molecule has 1 amide bonds. The quantitative estimate of drug-likeness (QED) is 0.782. The van der Waals surface area contributed by atoms with Gasteiger partial charge in [-0.3, -0.25) is 9.69 Å². The lowest BCUT2D eigenvalue weighted by molar-refractivity contribution is -0.208. The number of benzene rings is 1. The van der Waals surface area contributed by atoms with Crippen molar-refractivity contribution in [1.82, 2.24) is 10.2 Å². The molecule has 3 heterocycles. The SMILES string of the molecule is COc1cc2c(cc1CN1CCC3(CC1)OCC[C@@](C)(NC(C)=O)[C@@H]3O)OCO2. The zero-order valence-electron chi connectivity index (χ0n) is 17.3. The van der Waals surface area contributed by atoms with Crippen LogP contribution in [-0.4, -0.2) is 66.8 Å². The Hall–Kier alpha value is -2.03. The number of carbonyl (C=O) groups is 1. The monoisotopic (exact) mass is 406 g/mol. The number of ether oxygens (including phenoxy) is 4. The maximum Gasteiger partial charge on any atom is 0.231 e. The van der Waals surface area contributed by atoms with Crippen LogP contribution in [0.4, 0.5) is 0 Å². The first-order chi connectivity index (χ1) is 13.8. The molecule has 8 nitrogen and oxygen atoms in total. The highest BCUT2D eigenvalue weighted by molar-refractivity contribution is 5.74. The van der Waals surface area contributed by atoms with E-state index in [1.54, 1.807) is 7.11 Å². The van der Waals surface area contributed by atoms with Crippen molar-refractivity contribution >= 4 is 5.91 Å². The van der Waals surface area contributed by atoms with Crippen molar-refractivity contribution in [3.05, 3.63) is 17.7 Å². The third-order valence-electron chi connectivity index (χ3n) is 6.45. The predicted molar refractivity (Wildman–Crippen MR) is 105 cm³/mol. The van der Waals surface area contributed by atoms with E-state index in [2.05, 4.69) is 10.2 Å². The second-order valence-corrected chi connectivity index (χ2v) is 8.46. The third kappa shape index (κ3) is 3.76. The minimum Gasteiger partial charge on any atom is -0.496 e. The normalized spacial score (nSPS) is 28.3. The molecule has 0 aromatic heterocycles. The van der Waals surface area contributed by atoms with E-state index in [9.17, 15) is 9.90 Å². The Bertz CT molecular complexity index is 777. The number of likely N-dealkylation sites (tertiary alicyclic amines) is 1. The van der Waals surface area contributed by atoms with Crippen LogP contribution in [0, 0.1) is 0 Å². The molecule has 0 bridgehead atoms. The average molecular weight is 406 g/mol. The van der Waals surface area contributed by atoms with Gasteiger partial charge in [0.1, 0.15) is 11.9 Å². The number of nitrogens with one attached hydrogen (secondary N) is 1. The molecule has 0 unspecified atom stereocenters. The number of carbonyl (C=O) groups excluding carboxylic acids is 1.